The Bertz CT molecular complexity index is 578. The van der Waals surface area contributed by atoms with Crippen LogP contribution in [-0.2, 0) is 13.5 Å². The molecule has 2 rings (SSSR count). The van der Waals surface area contributed by atoms with Crippen LogP contribution in [0.3, 0.4) is 0 Å². The van der Waals surface area contributed by atoms with Crippen molar-refractivity contribution in [2.24, 2.45) is 12.9 Å². The van der Waals surface area contributed by atoms with Crippen LogP contribution in [-0.4, -0.2) is 14.8 Å². The number of aromatic nitrogens is 3. The van der Waals surface area contributed by atoms with E-state index in [1.807, 2.05) is 37.8 Å². The minimum atomic E-state index is 0.0362. The molecule has 0 aliphatic heterocycles. The Morgan fingerprint density at radius 1 is 1.47 bits per heavy atom. The molecule has 5 nitrogen and oxygen atoms in total. The second-order valence-corrected chi connectivity index (χ2v) is 5.42. The van der Waals surface area contributed by atoms with Gasteiger partial charge in [0.1, 0.15) is 0 Å². The van der Waals surface area contributed by atoms with Gasteiger partial charge < -0.3 is 0 Å². The van der Waals surface area contributed by atoms with E-state index in [2.05, 4.69) is 31.4 Å². The average Bonchev–Trinajstić information content (AvgIpc) is 2.63. The van der Waals surface area contributed by atoms with Crippen molar-refractivity contribution in [1.82, 2.24) is 20.2 Å². The van der Waals surface area contributed by atoms with Crippen molar-refractivity contribution in [3.05, 3.63) is 45.4 Å². The van der Waals surface area contributed by atoms with Gasteiger partial charge in [0.15, 0.2) is 0 Å². The van der Waals surface area contributed by atoms with E-state index in [9.17, 15) is 0 Å². The van der Waals surface area contributed by atoms with Gasteiger partial charge in [0.2, 0.25) is 0 Å². The van der Waals surface area contributed by atoms with Crippen LogP contribution in [0.1, 0.15) is 28.6 Å². The lowest BCUT2D eigenvalue weighted by molar-refractivity contribution is 0.526. The van der Waals surface area contributed by atoms with E-state index in [1.165, 1.54) is 0 Å². The van der Waals surface area contributed by atoms with Crippen molar-refractivity contribution in [2.75, 3.05) is 0 Å². The van der Waals surface area contributed by atoms with Gasteiger partial charge in [-0.1, -0.05) is 0 Å². The molecule has 1 unspecified atom stereocenters. The molecule has 0 radical (unpaired) electrons. The number of nitrogens with zero attached hydrogens (tertiary/aromatic N) is 3. The summed E-state index contributed by atoms with van der Waals surface area (Å²) in [5.74, 6) is 5.71. The number of nitrogens with two attached hydrogens (primary N) is 1. The first-order chi connectivity index (χ1) is 9.04. The molecule has 19 heavy (non-hydrogen) atoms. The molecule has 0 bridgehead atoms. The summed E-state index contributed by atoms with van der Waals surface area (Å²) in [5, 5.41) is 4.40. The third-order valence-corrected chi connectivity index (χ3v) is 4.33. The lowest BCUT2D eigenvalue weighted by Crippen LogP contribution is -2.30. The van der Waals surface area contributed by atoms with Crippen molar-refractivity contribution < 1.29 is 0 Å². The standard InChI is InChI=1S/C13H18BrN5/c1-8-7-16-5-4-10(8)11(17-15)6-12-13(14)9(2)18-19(12)3/h4-5,7,11,17H,6,15H2,1-3H3. The van der Waals surface area contributed by atoms with E-state index in [-0.39, 0.29) is 6.04 Å². The van der Waals surface area contributed by atoms with Crippen molar-refractivity contribution in [3.63, 3.8) is 0 Å². The Balaban J connectivity index is 2.32. The molecular weight excluding hydrogens is 306 g/mol. The van der Waals surface area contributed by atoms with Crippen LogP contribution in [0.2, 0.25) is 0 Å². The van der Waals surface area contributed by atoms with E-state index in [1.54, 1.807) is 6.20 Å². The molecule has 2 aromatic rings. The SMILES string of the molecule is Cc1cnccc1C(Cc1c(Br)c(C)nn1C)NN. The molecule has 102 valence electrons. The molecule has 0 saturated heterocycles. The summed E-state index contributed by atoms with van der Waals surface area (Å²) in [6.07, 6.45) is 4.40. The van der Waals surface area contributed by atoms with Gasteiger partial charge in [-0.3, -0.25) is 20.9 Å². The Kier molecular flexibility index (Phi) is 4.34. The zero-order valence-electron chi connectivity index (χ0n) is 11.3. The zero-order valence-corrected chi connectivity index (χ0v) is 12.9. The Morgan fingerprint density at radius 3 is 2.74 bits per heavy atom. The van der Waals surface area contributed by atoms with Gasteiger partial charge in [-0.15, -0.1) is 0 Å². The monoisotopic (exact) mass is 323 g/mol. The minimum absolute atomic E-state index is 0.0362. The maximum absolute atomic E-state index is 5.71. The Morgan fingerprint density at radius 2 is 2.21 bits per heavy atom. The number of aryl methyl sites for hydroxylation is 3. The molecule has 0 aromatic carbocycles. The number of halogens is 1. The molecule has 3 N–H and O–H groups in total. The molecule has 0 aliphatic carbocycles. The molecule has 2 heterocycles. The largest absolute Gasteiger partial charge is 0.271 e. The van der Waals surface area contributed by atoms with Crippen LogP contribution in [0.5, 0.6) is 0 Å². The zero-order chi connectivity index (χ0) is 14.0. The number of rotatable bonds is 4. The maximum Gasteiger partial charge on any atom is 0.0738 e. The minimum Gasteiger partial charge on any atom is -0.271 e. The summed E-state index contributed by atoms with van der Waals surface area (Å²) >= 11 is 3.59. The predicted molar refractivity (Wildman–Crippen MR) is 78.4 cm³/mol. The van der Waals surface area contributed by atoms with Gasteiger partial charge in [-0.2, -0.15) is 5.10 Å². The van der Waals surface area contributed by atoms with Gasteiger partial charge in [0.25, 0.3) is 0 Å². The van der Waals surface area contributed by atoms with Crippen LogP contribution >= 0.6 is 15.9 Å². The first-order valence-corrected chi connectivity index (χ1v) is 6.88. The van der Waals surface area contributed by atoms with Crippen LogP contribution in [0.15, 0.2) is 22.9 Å². The summed E-state index contributed by atoms with van der Waals surface area (Å²) in [4.78, 5) is 4.11. The molecular formula is C13H18BrN5. The molecule has 0 fully saturated rings. The number of hydrazine groups is 1. The van der Waals surface area contributed by atoms with Gasteiger partial charge in [0.05, 0.1) is 21.9 Å². The van der Waals surface area contributed by atoms with Gasteiger partial charge in [-0.05, 0) is 47.0 Å². The summed E-state index contributed by atoms with van der Waals surface area (Å²) < 4.78 is 2.93. The fourth-order valence-electron chi connectivity index (χ4n) is 2.23. The van der Waals surface area contributed by atoms with Crippen molar-refractivity contribution in [1.29, 1.82) is 0 Å². The molecule has 2 aromatic heterocycles. The average molecular weight is 324 g/mol. The summed E-state index contributed by atoms with van der Waals surface area (Å²) in [6, 6.07) is 2.03. The summed E-state index contributed by atoms with van der Waals surface area (Å²) in [6.45, 7) is 4.02. The van der Waals surface area contributed by atoms with Gasteiger partial charge in [0, 0.05) is 25.9 Å². The van der Waals surface area contributed by atoms with E-state index in [0.717, 1.165) is 33.4 Å². The third-order valence-electron chi connectivity index (χ3n) is 3.30. The molecule has 0 aliphatic rings. The number of pyridine rings is 1. The highest BCUT2D eigenvalue weighted by Gasteiger charge is 2.18. The van der Waals surface area contributed by atoms with Crippen LogP contribution in [0.25, 0.3) is 0 Å². The first-order valence-electron chi connectivity index (χ1n) is 6.09. The molecule has 6 heteroatoms. The lowest BCUT2D eigenvalue weighted by atomic mass is 9.99. The van der Waals surface area contributed by atoms with E-state index >= 15 is 0 Å². The smallest absolute Gasteiger partial charge is 0.0738 e. The fourth-order valence-corrected chi connectivity index (χ4v) is 2.73. The quantitative estimate of drug-likeness (QED) is 0.666. The van der Waals surface area contributed by atoms with Crippen molar-refractivity contribution in [2.45, 2.75) is 26.3 Å². The molecule has 0 spiro atoms. The normalized spacial score (nSPS) is 12.7. The second-order valence-electron chi connectivity index (χ2n) is 4.63. The topological polar surface area (TPSA) is 68.8 Å². The van der Waals surface area contributed by atoms with Crippen molar-refractivity contribution >= 4 is 15.9 Å². The van der Waals surface area contributed by atoms with Crippen LogP contribution < -0.4 is 11.3 Å². The first kappa shape index (κ1) is 14.2. The lowest BCUT2D eigenvalue weighted by Gasteiger charge is -2.18. The maximum atomic E-state index is 5.71. The second kappa shape index (κ2) is 5.81. The highest BCUT2D eigenvalue weighted by Crippen LogP contribution is 2.26. The Hall–Kier alpha value is -1.24. The predicted octanol–water partition coefficient (Wildman–Crippen LogP) is 1.94. The molecule has 0 saturated carbocycles. The van der Waals surface area contributed by atoms with E-state index in [0.29, 0.717) is 0 Å². The van der Waals surface area contributed by atoms with Gasteiger partial charge in [-0.25, -0.2) is 0 Å². The molecule has 1 atom stereocenters. The number of hydrogen-bond acceptors (Lipinski definition) is 4. The Labute approximate surface area is 121 Å². The highest BCUT2D eigenvalue weighted by molar-refractivity contribution is 9.10. The number of nitrogens with one attached hydrogen (secondary N) is 1. The highest BCUT2D eigenvalue weighted by atomic mass is 79.9. The third kappa shape index (κ3) is 2.86. The summed E-state index contributed by atoms with van der Waals surface area (Å²) in [7, 11) is 1.94. The van der Waals surface area contributed by atoms with E-state index in [4.69, 9.17) is 5.84 Å². The van der Waals surface area contributed by atoms with Crippen LogP contribution in [0.4, 0.5) is 0 Å². The summed E-state index contributed by atoms with van der Waals surface area (Å²) in [5.41, 5.74) is 7.27. The van der Waals surface area contributed by atoms with Crippen molar-refractivity contribution in [3.8, 4) is 0 Å². The molecule has 0 amide bonds. The number of hydrogen-bond donors (Lipinski definition) is 2. The van der Waals surface area contributed by atoms with Gasteiger partial charge >= 0.3 is 0 Å². The fraction of sp³-hybridized carbons (Fsp3) is 0.385. The van der Waals surface area contributed by atoms with Crippen LogP contribution in [0, 0.1) is 13.8 Å². The van der Waals surface area contributed by atoms with E-state index < -0.39 is 0 Å².